The number of esters is 1. The number of ether oxygens (including phenoxy) is 1. The fraction of sp³-hybridized carbons (Fsp3) is 0.875. The summed E-state index contributed by atoms with van der Waals surface area (Å²) in [4.78, 5) is 11.9. The molecule has 0 aromatic carbocycles. The third kappa shape index (κ3) is 3.30. The maximum Gasteiger partial charge on any atom is 0.302 e. The maximum absolute atomic E-state index is 11.9. The standard InChI is InChI=1S/C32H51NO3/c1-20(2)22-11-16-32(19-33-35)18-17-30(7)23(27(22)32)9-10-25-29(6)14-13-26(36-21(3)34)28(4,5)24(29)12-15-31(25,30)8/h19,22-27,35H,1,9-18H2,2-8H3. The molecular weight excluding hydrogens is 446 g/mol. The molecule has 0 heterocycles. The van der Waals surface area contributed by atoms with Crippen molar-refractivity contribution in [1.29, 1.82) is 0 Å². The third-order valence-corrected chi connectivity index (χ3v) is 13.7. The molecule has 10 atom stereocenters. The van der Waals surface area contributed by atoms with Gasteiger partial charge in [-0.2, -0.15) is 0 Å². The van der Waals surface area contributed by atoms with E-state index in [0.29, 0.717) is 35.0 Å². The molecule has 0 amide bonds. The Morgan fingerprint density at radius 1 is 0.889 bits per heavy atom. The predicted octanol–water partition coefficient (Wildman–Crippen LogP) is 8.04. The molecule has 0 aromatic heterocycles. The number of rotatable bonds is 3. The molecule has 10 unspecified atom stereocenters. The van der Waals surface area contributed by atoms with Gasteiger partial charge in [-0.25, -0.2) is 0 Å². The molecule has 1 N–H and O–H groups in total. The van der Waals surface area contributed by atoms with Crippen molar-refractivity contribution >= 4 is 12.2 Å². The first kappa shape index (κ1) is 26.3. The molecule has 5 aliphatic carbocycles. The normalized spacial score (nSPS) is 51.5. The lowest BCUT2D eigenvalue weighted by Gasteiger charge is -2.72. The molecular formula is C32H51NO3. The summed E-state index contributed by atoms with van der Waals surface area (Å²) < 4.78 is 5.90. The smallest absolute Gasteiger partial charge is 0.302 e. The minimum Gasteiger partial charge on any atom is -0.462 e. The highest BCUT2D eigenvalue weighted by Crippen LogP contribution is 2.77. The zero-order chi connectivity index (χ0) is 26.3. The van der Waals surface area contributed by atoms with E-state index in [1.807, 2.05) is 6.21 Å². The van der Waals surface area contributed by atoms with Gasteiger partial charge in [-0.1, -0.05) is 46.8 Å². The van der Waals surface area contributed by atoms with Gasteiger partial charge >= 0.3 is 5.97 Å². The number of carbonyl (C=O) groups is 1. The van der Waals surface area contributed by atoms with Crippen LogP contribution in [0, 0.1) is 56.7 Å². The second-order valence-electron chi connectivity index (χ2n) is 15.1. The molecule has 4 nitrogen and oxygen atoms in total. The molecule has 5 saturated carbocycles. The van der Waals surface area contributed by atoms with Crippen LogP contribution in [0.15, 0.2) is 17.3 Å². The van der Waals surface area contributed by atoms with Gasteiger partial charge in [0.15, 0.2) is 0 Å². The van der Waals surface area contributed by atoms with Crippen molar-refractivity contribution in [2.45, 2.75) is 119 Å². The van der Waals surface area contributed by atoms with Crippen LogP contribution in [0.4, 0.5) is 0 Å². The molecule has 0 saturated heterocycles. The fourth-order valence-electron chi connectivity index (χ4n) is 11.9. The molecule has 0 spiro atoms. The van der Waals surface area contributed by atoms with E-state index in [0.717, 1.165) is 19.3 Å². The fourth-order valence-corrected chi connectivity index (χ4v) is 11.9. The second kappa shape index (κ2) is 8.34. The first-order valence-electron chi connectivity index (χ1n) is 14.8. The van der Waals surface area contributed by atoms with Gasteiger partial charge in [0.25, 0.3) is 0 Å². The van der Waals surface area contributed by atoms with Crippen LogP contribution in [0.2, 0.25) is 0 Å². The number of hydrogen-bond donors (Lipinski definition) is 1. The molecule has 202 valence electrons. The van der Waals surface area contributed by atoms with E-state index in [-0.39, 0.29) is 33.7 Å². The Kier molecular flexibility index (Phi) is 6.09. The van der Waals surface area contributed by atoms with Gasteiger partial charge in [-0.15, -0.1) is 5.16 Å². The Bertz CT molecular complexity index is 955. The Balaban J connectivity index is 1.52. The van der Waals surface area contributed by atoms with E-state index in [4.69, 9.17) is 4.74 Å². The van der Waals surface area contributed by atoms with Gasteiger partial charge in [0.2, 0.25) is 0 Å². The Morgan fingerprint density at radius 3 is 2.25 bits per heavy atom. The Hall–Kier alpha value is -1.32. The van der Waals surface area contributed by atoms with Gasteiger partial charge in [0.1, 0.15) is 6.10 Å². The summed E-state index contributed by atoms with van der Waals surface area (Å²) in [6, 6.07) is 0. The summed E-state index contributed by atoms with van der Waals surface area (Å²) in [5, 5.41) is 13.4. The van der Waals surface area contributed by atoms with Crippen LogP contribution in [0.1, 0.15) is 113 Å². The Labute approximate surface area is 219 Å². The SMILES string of the molecule is C=C(C)C1CCC2(C=NO)CCC3(C)C(CCC4C5(C)CCC(OC(C)=O)C(C)(C)C5CCC43C)C12. The number of carbonyl (C=O) groups excluding carboxylic acids is 1. The van der Waals surface area contributed by atoms with Gasteiger partial charge in [0, 0.05) is 17.8 Å². The van der Waals surface area contributed by atoms with Crippen molar-refractivity contribution < 1.29 is 14.7 Å². The summed E-state index contributed by atoms with van der Waals surface area (Å²) in [5.74, 6) is 2.89. The van der Waals surface area contributed by atoms with Crippen molar-refractivity contribution in [3.63, 3.8) is 0 Å². The molecule has 5 fully saturated rings. The van der Waals surface area contributed by atoms with E-state index in [1.54, 1.807) is 6.92 Å². The quantitative estimate of drug-likeness (QED) is 0.141. The molecule has 0 radical (unpaired) electrons. The summed E-state index contributed by atoms with van der Waals surface area (Å²) >= 11 is 0. The van der Waals surface area contributed by atoms with Gasteiger partial charge in [-0.3, -0.25) is 4.79 Å². The zero-order valence-corrected chi connectivity index (χ0v) is 24.0. The topological polar surface area (TPSA) is 58.9 Å². The number of fused-ring (bicyclic) bond motifs is 7. The average molecular weight is 498 g/mol. The second-order valence-corrected chi connectivity index (χ2v) is 15.1. The van der Waals surface area contributed by atoms with E-state index >= 15 is 0 Å². The minimum atomic E-state index is -0.133. The predicted molar refractivity (Wildman–Crippen MR) is 145 cm³/mol. The first-order chi connectivity index (χ1) is 16.8. The highest BCUT2D eigenvalue weighted by atomic mass is 16.5. The molecule has 4 heteroatoms. The van der Waals surface area contributed by atoms with Crippen molar-refractivity contribution in [2.24, 2.45) is 61.8 Å². The summed E-state index contributed by atoms with van der Waals surface area (Å²) in [6.07, 6.45) is 13.9. The number of hydrogen-bond acceptors (Lipinski definition) is 4. The van der Waals surface area contributed by atoms with Crippen molar-refractivity contribution in [3.8, 4) is 0 Å². The minimum absolute atomic E-state index is 0.00750. The average Bonchev–Trinajstić information content (AvgIpc) is 3.16. The van der Waals surface area contributed by atoms with Crippen molar-refractivity contribution in [3.05, 3.63) is 12.2 Å². The maximum atomic E-state index is 11.9. The molecule has 5 aliphatic rings. The summed E-state index contributed by atoms with van der Waals surface area (Å²) in [5.41, 5.74) is 2.24. The molecule has 0 aliphatic heterocycles. The summed E-state index contributed by atoms with van der Waals surface area (Å²) in [6.45, 7) is 20.9. The van der Waals surface area contributed by atoms with E-state index < -0.39 is 0 Å². The van der Waals surface area contributed by atoms with E-state index in [9.17, 15) is 10.0 Å². The monoisotopic (exact) mass is 497 g/mol. The molecule has 36 heavy (non-hydrogen) atoms. The van der Waals surface area contributed by atoms with E-state index in [2.05, 4.69) is 53.3 Å². The van der Waals surface area contributed by atoms with Crippen molar-refractivity contribution in [2.75, 3.05) is 0 Å². The van der Waals surface area contributed by atoms with Crippen LogP contribution in [-0.4, -0.2) is 23.5 Å². The van der Waals surface area contributed by atoms with Crippen LogP contribution in [0.25, 0.3) is 0 Å². The summed E-state index contributed by atoms with van der Waals surface area (Å²) in [7, 11) is 0. The number of oxime groups is 1. The molecule has 0 aromatic rings. The van der Waals surface area contributed by atoms with Gasteiger partial charge in [-0.05, 0) is 117 Å². The lowest BCUT2D eigenvalue weighted by atomic mass is 9.32. The lowest BCUT2D eigenvalue weighted by molar-refractivity contribution is -0.246. The number of nitrogens with zero attached hydrogens (tertiary/aromatic N) is 1. The van der Waals surface area contributed by atoms with Crippen LogP contribution >= 0.6 is 0 Å². The highest BCUT2D eigenvalue weighted by Gasteiger charge is 2.71. The third-order valence-electron chi connectivity index (χ3n) is 13.7. The number of allylic oxidation sites excluding steroid dienone is 1. The van der Waals surface area contributed by atoms with Crippen molar-refractivity contribution in [1.82, 2.24) is 0 Å². The molecule has 0 bridgehead atoms. The van der Waals surface area contributed by atoms with Crippen LogP contribution < -0.4 is 0 Å². The van der Waals surface area contributed by atoms with E-state index in [1.165, 1.54) is 50.5 Å². The van der Waals surface area contributed by atoms with Crippen LogP contribution in [-0.2, 0) is 9.53 Å². The van der Waals surface area contributed by atoms with Crippen LogP contribution in [0.3, 0.4) is 0 Å². The highest BCUT2D eigenvalue weighted by molar-refractivity contribution is 5.67. The van der Waals surface area contributed by atoms with Gasteiger partial charge < -0.3 is 9.94 Å². The Morgan fingerprint density at radius 2 is 1.61 bits per heavy atom. The molecule has 5 rings (SSSR count). The van der Waals surface area contributed by atoms with Gasteiger partial charge in [0.05, 0.1) is 6.21 Å². The van der Waals surface area contributed by atoms with Crippen LogP contribution in [0.5, 0.6) is 0 Å². The largest absolute Gasteiger partial charge is 0.462 e. The first-order valence-corrected chi connectivity index (χ1v) is 14.8. The zero-order valence-electron chi connectivity index (χ0n) is 24.0. The lowest BCUT2D eigenvalue weighted by Crippen LogP contribution is -2.66.